The van der Waals surface area contributed by atoms with Crippen LogP contribution in [0.4, 0.5) is 0 Å². The van der Waals surface area contributed by atoms with Crippen LogP contribution in [0.15, 0.2) is 4.99 Å². The van der Waals surface area contributed by atoms with Gasteiger partial charge in [-0.15, -0.1) is 0 Å². The van der Waals surface area contributed by atoms with Crippen LogP contribution in [0.3, 0.4) is 0 Å². The zero-order valence-corrected chi connectivity index (χ0v) is 16.1. The van der Waals surface area contributed by atoms with Crippen LogP contribution in [0, 0.1) is 0 Å². The summed E-state index contributed by atoms with van der Waals surface area (Å²) in [5.41, 5.74) is 0. The maximum absolute atomic E-state index is 4.37. The van der Waals surface area contributed by atoms with Gasteiger partial charge < -0.3 is 20.4 Å². The molecule has 1 saturated heterocycles. The van der Waals surface area contributed by atoms with Gasteiger partial charge in [0.05, 0.1) is 0 Å². The van der Waals surface area contributed by atoms with E-state index in [0.717, 1.165) is 25.6 Å². The number of rotatable bonds is 9. The quantitative estimate of drug-likeness (QED) is 0.387. The second-order valence-electron chi connectivity index (χ2n) is 6.78. The van der Waals surface area contributed by atoms with Gasteiger partial charge in [-0.05, 0) is 59.2 Å². The Hall–Kier alpha value is -0.810. The molecule has 2 N–H and O–H groups in total. The summed E-state index contributed by atoms with van der Waals surface area (Å²) < 4.78 is 0. The Balaban J connectivity index is 2.16. The van der Waals surface area contributed by atoms with Gasteiger partial charge in [0.15, 0.2) is 5.96 Å². The lowest BCUT2D eigenvalue weighted by Crippen LogP contribution is -2.50. The molecule has 0 saturated carbocycles. The van der Waals surface area contributed by atoms with Gasteiger partial charge in [0.25, 0.3) is 0 Å². The molecule has 0 radical (unpaired) electrons. The van der Waals surface area contributed by atoms with Crippen LogP contribution < -0.4 is 10.6 Å². The molecular weight excluding hydrogens is 286 g/mol. The Morgan fingerprint density at radius 2 is 1.83 bits per heavy atom. The van der Waals surface area contributed by atoms with Crippen LogP contribution >= 0.6 is 0 Å². The Morgan fingerprint density at radius 3 is 2.35 bits per heavy atom. The number of hydrogen-bond acceptors (Lipinski definition) is 3. The zero-order chi connectivity index (χ0) is 17.1. The number of likely N-dealkylation sites (tertiary alicyclic amines) is 1. The Morgan fingerprint density at radius 1 is 1.17 bits per heavy atom. The lowest BCUT2D eigenvalue weighted by atomic mass is 10.0. The summed E-state index contributed by atoms with van der Waals surface area (Å²) in [6.07, 6.45) is 4.86. The molecule has 0 aromatic rings. The van der Waals surface area contributed by atoms with E-state index in [2.05, 4.69) is 53.1 Å². The van der Waals surface area contributed by atoms with Gasteiger partial charge in [0, 0.05) is 38.8 Å². The van der Waals surface area contributed by atoms with E-state index >= 15 is 0 Å². The molecule has 136 valence electrons. The number of aliphatic imine (C=N–C) groups is 1. The van der Waals surface area contributed by atoms with Crippen molar-refractivity contribution in [3.05, 3.63) is 0 Å². The van der Waals surface area contributed by atoms with E-state index in [1.54, 1.807) is 0 Å². The van der Waals surface area contributed by atoms with Crippen LogP contribution in [0.1, 0.15) is 53.4 Å². The third-order valence-electron chi connectivity index (χ3n) is 4.91. The van der Waals surface area contributed by atoms with Crippen molar-refractivity contribution in [3.63, 3.8) is 0 Å². The fourth-order valence-electron chi connectivity index (χ4n) is 3.16. The van der Waals surface area contributed by atoms with Gasteiger partial charge in [-0.1, -0.05) is 13.8 Å². The minimum atomic E-state index is 0.562. The van der Waals surface area contributed by atoms with Crippen molar-refractivity contribution in [2.24, 2.45) is 4.99 Å². The van der Waals surface area contributed by atoms with Crippen LogP contribution in [0.2, 0.25) is 0 Å². The van der Waals surface area contributed by atoms with Crippen LogP contribution in [0.5, 0.6) is 0 Å². The molecule has 0 aliphatic carbocycles. The fraction of sp³-hybridized carbons (Fsp3) is 0.944. The topological polar surface area (TPSA) is 42.9 Å². The lowest BCUT2D eigenvalue weighted by molar-refractivity contribution is 0.167. The van der Waals surface area contributed by atoms with Crippen molar-refractivity contribution in [3.8, 4) is 0 Å². The highest BCUT2D eigenvalue weighted by atomic mass is 15.2. The SMILES string of the molecule is CCN(CC)CCCCNC(=NC)NC1CCN(C(C)C)CC1. The van der Waals surface area contributed by atoms with E-state index in [1.807, 2.05) is 7.05 Å². The molecule has 5 heteroatoms. The first-order valence-corrected chi connectivity index (χ1v) is 9.54. The number of nitrogens with one attached hydrogen (secondary N) is 2. The molecular formula is C18H39N5. The summed E-state index contributed by atoms with van der Waals surface area (Å²) in [7, 11) is 1.87. The largest absolute Gasteiger partial charge is 0.356 e. The first kappa shape index (κ1) is 20.2. The van der Waals surface area contributed by atoms with Crippen molar-refractivity contribution in [1.82, 2.24) is 20.4 Å². The maximum atomic E-state index is 4.37. The maximum Gasteiger partial charge on any atom is 0.191 e. The monoisotopic (exact) mass is 325 g/mol. The molecule has 1 aliphatic heterocycles. The van der Waals surface area contributed by atoms with E-state index in [9.17, 15) is 0 Å². The van der Waals surface area contributed by atoms with E-state index in [1.165, 1.54) is 45.3 Å². The van der Waals surface area contributed by atoms with Crippen molar-refractivity contribution >= 4 is 5.96 Å². The molecule has 0 unspecified atom stereocenters. The van der Waals surface area contributed by atoms with Gasteiger partial charge in [-0.2, -0.15) is 0 Å². The molecule has 1 aliphatic rings. The third-order valence-corrected chi connectivity index (χ3v) is 4.91. The number of nitrogens with zero attached hydrogens (tertiary/aromatic N) is 3. The van der Waals surface area contributed by atoms with E-state index in [4.69, 9.17) is 0 Å². The molecule has 1 rings (SSSR count). The molecule has 0 aromatic heterocycles. The summed E-state index contributed by atoms with van der Waals surface area (Å²) >= 11 is 0. The van der Waals surface area contributed by atoms with Gasteiger partial charge in [0.2, 0.25) is 0 Å². The predicted molar refractivity (Wildman–Crippen MR) is 101 cm³/mol. The Labute approximate surface area is 143 Å². The minimum absolute atomic E-state index is 0.562. The van der Waals surface area contributed by atoms with Gasteiger partial charge in [-0.3, -0.25) is 4.99 Å². The molecule has 1 heterocycles. The first-order chi connectivity index (χ1) is 11.1. The second kappa shape index (κ2) is 11.7. The number of guanidine groups is 1. The molecule has 1 fully saturated rings. The third kappa shape index (κ3) is 8.02. The van der Waals surface area contributed by atoms with Crippen molar-refractivity contribution < 1.29 is 0 Å². The molecule has 5 nitrogen and oxygen atoms in total. The van der Waals surface area contributed by atoms with Gasteiger partial charge in [0.1, 0.15) is 0 Å². The van der Waals surface area contributed by atoms with Gasteiger partial charge in [-0.25, -0.2) is 0 Å². The summed E-state index contributed by atoms with van der Waals surface area (Å²) in [5, 5.41) is 7.06. The summed E-state index contributed by atoms with van der Waals surface area (Å²) in [4.78, 5) is 9.41. The number of unbranched alkanes of at least 4 members (excludes halogenated alkanes) is 1. The average molecular weight is 326 g/mol. The Kier molecular flexibility index (Phi) is 10.3. The molecule has 0 amide bonds. The highest BCUT2D eigenvalue weighted by Gasteiger charge is 2.21. The molecule has 0 spiro atoms. The first-order valence-electron chi connectivity index (χ1n) is 9.54. The summed E-state index contributed by atoms with van der Waals surface area (Å²) in [5.74, 6) is 0.968. The van der Waals surface area contributed by atoms with E-state index < -0.39 is 0 Å². The standard InChI is InChI=1S/C18H39N5/c1-6-22(7-2)13-9-8-12-20-18(19-5)21-17-10-14-23(15-11-17)16(3)4/h16-17H,6-15H2,1-5H3,(H2,19,20,21). The molecule has 0 aromatic carbocycles. The van der Waals surface area contributed by atoms with Crippen LogP contribution in [-0.2, 0) is 0 Å². The number of hydrogen-bond donors (Lipinski definition) is 2. The van der Waals surface area contributed by atoms with Crippen molar-refractivity contribution in [2.45, 2.75) is 65.5 Å². The zero-order valence-electron chi connectivity index (χ0n) is 16.1. The smallest absolute Gasteiger partial charge is 0.191 e. The van der Waals surface area contributed by atoms with Crippen LogP contribution in [0.25, 0.3) is 0 Å². The van der Waals surface area contributed by atoms with Crippen LogP contribution in [-0.4, -0.2) is 74.2 Å². The lowest BCUT2D eigenvalue weighted by Gasteiger charge is -2.35. The fourth-order valence-corrected chi connectivity index (χ4v) is 3.16. The highest BCUT2D eigenvalue weighted by molar-refractivity contribution is 5.79. The molecule has 0 atom stereocenters. The van der Waals surface area contributed by atoms with E-state index in [0.29, 0.717) is 12.1 Å². The van der Waals surface area contributed by atoms with Crippen molar-refractivity contribution in [1.29, 1.82) is 0 Å². The second-order valence-corrected chi connectivity index (χ2v) is 6.78. The minimum Gasteiger partial charge on any atom is -0.356 e. The molecule has 0 bridgehead atoms. The summed E-state index contributed by atoms with van der Waals surface area (Å²) in [6, 6.07) is 1.23. The summed E-state index contributed by atoms with van der Waals surface area (Å²) in [6.45, 7) is 15.9. The predicted octanol–water partition coefficient (Wildman–Crippen LogP) is 2.15. The number of piperidine rings is 1. The van der Waals surface area contributed by atoms with Gasteiger partial charge >= 0.3 is 0 Å². The van der Waals surface area contributed by atoms with E-state index in [-0.39, 0.29) is 0 Å². The molecule has 23 heavy (non-hydrogen) atoms. The average Bonchev–Trinajstić information content (AvgIpc) is 2.57. The Bertz CT molecular complexity index is 317. The van der Waals surface area contributed by atoms with Crippen molar-refractivity contribution in [2.75, 3.05) is 46.3 Å². The highest BCUT2D eigenvalue weighted by Crippen LogP contribution is 2.12. The normalized spacial score (nSPS) is 18.0.